The van der Waals surface area contributed by atoms with Crippen molar-refractivity contribution in [3.8, 4) is 0 Å². The van der Waals surface area contributed by atoms with Gasteiger partial charge < -0.3 is 10.6 Å². The van der Waals surface area contributed by atoms with Crippen LogP contribution in [-0.2, 0) is 0 Å². The topological polar surface area (TPSA) is 29.3 Å². The Morgan fingerprint density at radius 1 is 1.62 bits per heavy atom. The van der Waals surface area contributed by atoms with Gasteiger partial charge in [-0.2, -0.15) is 0 Å². The van der Waals surface area contributed by atoms with Crippen LogP contribution in [0.2, 0.25) is 0 Å². The second-order valence-electron chi connectivity index (χ2n) is 4.74. The summed E-state index contributed by atoms with van der Waals surface area (Å²) < 4.78 is 0. The van der Waals surface area contributed by atoms with Crippen LogP contribution < -0.4 is 5.73 Å². The fourth-order valence-corrected chi connectivity index (χ4v) is 1.95. The zero-order chi connectivity index (χ0) is 9.90. The third-order valence-corrected chi connectivity index (χ3v) is 3.04. The minimum absolute atomic E-state index is 0.277. The average molecular weight is 182 g/mol. The smallest absolute Gasteiger partial charge is 0.0115 e. The molecule has 1 aliphatic rings. The van der Waals surface area contributed by atoms with Crippen LogP contribution in [0.3, 0.4) is 0 Å². The van der Waals surface area contributed by atoms with E-state index in [1.807, 2.05) is 6.08 Å². The van der Waals surface area contributed by atoms with Gasteiger partial charge in [0.2, 0.25) is 0 Å². The number of rotatable bonds is 3. The molecule has 1 aliphatic heterocycles. The third-order valence-electron chi connectivity index (χ3n) is 3.04. The maximum Gasteiger partial charge on any atom is 0.0115 e. The molecule has 0 aliphatic carbocycles. The van der Waals surface area contributed by atoms with Crippen molar-refractivity contribution in [3.63, 3.8) is 0 Å². The Kier molecular flexibility index (Phi) is 3.51. The number of hydrogen-bond donors (Lipinski definition) is 1. The molecule has 0 aromatic carbocycles. The Bertz CT molecular complexity index is 175. The standard InChI is InChI=1S/C11H22N2/c1-4-5-7-13-8-6-10(12)11(2,3)9-13/h4,10H,1,5-9,12H2,2-3H3. The van der Waals surface area contributed by atoms with Crippen molar-refractivity contribution >= 4 is 0 Å². The van der Waals surface area contributed by atoms with E-state index in [1.165, 1.54) is 0 Å². The van der Waals surface area contributed by atoms with Crippen LogP contribution in [0, 0.1) is 5.41 Å². The highest BCUT2D eigenvalue weighted by Gasteiger charge is 2.32. The SMILES string of the molecule is C=CCCN1CCC(N)C(C)(C)C1. The first-order valence-electron chi connectivity index (χ1n) is 5.15. The van der Waals surface area contributed by atoms with Crippen LogP contribution in [0.25, 0.3) is 0 Å². The van der Waals surface area contributed by atoms with E-state index < -0.39 is 0 Å². The summed E-state index contributed by atoms with van der Waals surface area (Å²) in [6.07, 6.45) is 4.21. The number of hydrogen-bond acceptors (Lipinski definition) is 2. The lowest BCUT2D eigenvalue weighted by Crippen LogP contribution is -2.52. The summed E-state index contributed by atoms with van der Waals surface area (Å²) in [7, 11) is 0. The summed E-state index contributed by atoms with van der Waals surface area (Å²) in [6.45, 7) is 11.7. The molecule has 0 spiro atoms. The normalized spacial score (nSPS) is 28.7. The van der Waals surface area contributed by atoms with Crippen LogP contribution in [0.5, 0.6) is 0 Å². The van der Waals surface area contributed by atoms with Crippen LogP contribution in [-0.4, -0.2) is 30.6 Å². The first-order valence-corrected chi connectivity index (χ1v) is 5.15. The monoisotopic (exact) mass is 182 g/mol. The van der Waals surface area contributed by atoms with Crippen LogP contribution >= 0.6 is 0 Å². The van der Waals surface area contributed by atoms with Gasteiger partial charge >= 0.3 is 0 Å². The van der Waals surface area contributed by atoms with Crippen molar-refractivity contribution < 1.29 is 0 Å². The fraction of sp³-hybridized carbons (Fsp3) is 0.818. The molecule has 2 N–H and O–H groups in total. The quantitative estimate of drug-likeness (QED) is 0.672. The highest BCUT2D eigenvalue weighted by molar-refractivity contribution is 4.90. The van der Waals surface area contributed by atoms with Gasteiger partial charge in [-0.25, -0.2) is 0 Å². The molecular weight excluding hydrogens is 160 g/mol. The Hall–Kier alpha value is -0.340. The van der Waals surface area contributed by atoms with Crippen LogP contribution in [0.1, 0.15) is 26.7 Å². The second kappa shape index (κ2) is 4.25. The summed E-state index contributed by atoms with van der Waals surface area (Å²) in [5.41, 5.74) is 6.33. The molecule has 0 bridgehead atoms. The van der Waals surface area contributed by atoms with Gasteiger partial charge in [0.25, 0.3) is 0 Å². The Morgan fingerprint density at radius 3 is 2.85 bits per heavy atom. The zero-order valence-electron chi connectivity index (χ0n) is 8.92. The van der Waals surface area contributed by atoms with Crippen molar-refractivity contribution in [1.29, 1.82) is 0 Å². The maximum atomic E-state index is 6.06. The summed E-state index contributed by atoms with van der Waals surface area (Å²) >= 11 is 0. The van der Waals surface area contributed by atoms with Gasteiger partial charge in [-0.3, -0.25) is 0 Å². The molecule has 0 saturated carbocycles. The molecule has 0 aromatic heterocycles. The Balaban J connectivity index is 2.41. The lowest BCUT2D eigenvalue weighted by molar-refractivity contribution is 0.0970. The molecule has 76 valence electrons. The lowest BCUT2D eigenvalue weighted by atomic mass is 9.80. The van der Waals surface area contributed by atoms with Gasteiger partial charge in [0.15, 0.2) is 0 Å². The highest BCUT2D eigenvalue weighted by Crippen LogP contribution is 2.27. The molecule has 1 rings (SSSR count). The van der Waals surface area contributed by atoms with E-state index in [0.717, 1.165) is 32.5 Å². The van der Waals surface area contributed by atoms with Crippen molar-refractivity contribution in [2.75, 3.05) is 19.6 Å². The largest absolute Gasteiger partial charge is 0.327 e. The molecule has 1 heterocycles. The Morgan fingerprint density at radius 2 is 2.31 bits per heavy atom. The van der Waals surface area contributed by atoms with E-state index in [2.05, 4.69) is 25.3 Å². The lowest BCUT2D eigenvalue weighted by Gasteiger charge is -2.42. The fourth-order valence-electron chi connectivity index (χ4n) is 1.95. The van der Waals surface area contributed by atoms with E-state index in [1.54, 1.807) is 0 Å². The highest BCUT2D eigenvalue weighted by atomic mass is 15.1. The van der Waals surface area contributed by atoms with E-state index in [4.69, 9.17) is 5.73 Å². The van der Waals surface area contributed by atoms with E-state index >= 15 is 0 Å². The van der Waals surface area contributed by atoms with Gasteiger partial charge in [-0.15, -0.1) is 6.58 Å². The summed E-state index contributed by atoms with van der Waals surface area (Å²) in [5, 5.41) is 0. The predicted octanol–water partition coefficient (Wildman–Crippen LogP) is 1.62. The van der Waals surface area contributed by atoms with Crippen molar-refractivity contribution in [1.82, 2.24) is 4.90 Å². The van der Waals surface area contributed by atoms with Crippen molar-refractivity contribution in [2.45, 2.75) is 32.7 Å². The number of nitrogens with zero attached hydrogens (tertiary/aromatic N) is 1. The summed E-state index contributed by atoms with van der Waals surface area (Å²) in [4.78, 5) is 2.49. The molecule has 0 aromatic rings. The molecule has 1 unspecified atom stereocenters. The first kappa shape index (κ1) is 10.7. The summed E-state index contributed by atoms with van der Waals surface area (Å²) in [6, 6.07) is 0.368. The predicted molar refractivity (Wildman–Crippen MR) is 57.6 cm³/mol. The van der Waals surface area contributed by atoms with Gasteiger partial charge in [0.1, 0.15) is 0 Å². The molecular formula is C11H22N2. The molecule has 1 atom stereocenters. The van der Waals surface area contributed by atoms with Crippen LogP contribution in [0.15, 0.2) is 12.7 Å². The van der Waals surface area contributed by atoms with Crippen molar-refractivity contribution in [2.24, 2.45) is 11.1 Å². The van der Waals surface area contributed by atoms with E-state index in [0.29, 0.717) is 6.04 Å². The number of nitrogens with two attached hydrogens (primary N) is 1. The Labute approximate surface area is 81.8 Å². The van der Waals surface area contributed by atoms with Crippen molar-refractivity contribution in [3.05, 3.63) is 12.7 Å². The van der Waals surface area contributed by atoms with E-state index in [9.17, 15) is 0 Å². The molecule has 2 heteroatoms. The van der Waals surface area contributed by atoms with Gasteiger partial charge in [-0.05, 0) is 24.8 Å². The number of piperidine rings is 1. The van der Waals surface area contributed by atoms with Gasteiger partial charge in [-0.1, -0.05) is 19.9 Å². The molecule has 1 fully saturated rings. The third kappa shape index (κ3) is 2.82. The maximum absolute atomic E-state index is 6.06. The molecule has 13 heavy (non-hydrogen) atoms. The minimum atomic E-state index is 0.277. The van der Waals surface area contributed by atoms with Gasteiger partial charge in [0, 0.05) is 19.1 Å². The number of likely N-dealkylation sites (tertiary alicyclic amines) is 1. The van der Waals surface area contributed by atoms with Crippen LogP contribution in [0.4, 0.5) is 0 Å². The molecule has 1 saturated heterocycles. The second-order valence-corrected chi connectivity index (χ2v) is 4.74. The molecule has 0 amide bonds. The average Bonchev–Trinajstić information content (AvgIpc) is 2.07. The minimum Gasteiger partial charge on any atom is -0.327 e. The molecule has 0 radical (unpaired) electrons. The van der Waals surface area contributed by atoms with E-state index in [-0.39, 0.29) is 5.41 Å². The van der Waals surface area contributed by atoms with Gasteiger partial charge in [0.05, 0.1) is 0 Å². The zero-order valence-corrected chi connectivity index (χ0v) is 8.92. The first-order chi connectivity index (χ1) is 6.06. The molecule has 2 nitrogen and oxygen atoms in total. The summed E-state index contributed by atoms with van der Waals surface area (Å²) in [5.74, 6) is 0.